The standard InChI is InChI=1S/C25H16BrN3/c26-20-15-19-13-7-8-14-21(19)22(16-20)25-28-23(17-9-3-1-4-10-17)27-24(29-25)18-11-5-2-6-12-18/h1-16H. The highest BCUT2D eigenvalue weighted by atomic mass is 79.9. The van der Waals surface area contributed by atoms with Crippen molar-refractivity contribution in [1.82, 2.24) is 15.0 Å². The van der Waals surface area contributed by atoms with Gasteiger partial charge in [0, 0.05) is 21.2 Å². The van der Waals surface area contributed by atoms with Crippen molar-refractivity contribution in [2.24, 2.45) is 0 Å². The van der Waals surface area contributed by atoms with Crippen molar-refractivity contribution in [1.29, 1.82) is 0 Å². The van der Waals surface area contributed by atoms with Gasteiger partial charge in [-0.05, 0) is 22.9 Å². The van der Waals surface area contributed by atoms with Crippen LogP contribution in [-0.4, -0.2) is 15.0 Å². The van der Waals surface area contributed by atoms with Crippen molar-refractivity contribution < 1.29 is 0 Å². The van der Waals surface area contributed by atoms with E-state index in [4.69, 9.17) is 15.0 Å². The Labute approximate surface area is 177 Å². The minimum absolute atomic E-state index is 0.662. The monoisotopic (exact) mass is 437 g/mol. The second-order valence-corrected chi connectivity index (χ2v) is 7.63. The Balaban J connectivity index is 1.80. The number of hydrogen-bond acceptors (Lipinski definition) is 3. The van der Waals surface area contributed by atoms with Gasteiger partial charge in [-0.1, -0.05) is 101 Å². The third-order valence-electron chi connectivity index (χ3n) is 4.77. The summed E-state index contributed by atoms with van der Waals surface area (Å²) in [5.41, 5.74) is 2.91. The average Bonchev–Trinajstić information content (AvgIpc) is 2.79. The molecule has 1 aromatic heterocycles. The number of nitrogens with zero attached hydrogens (tertiary/aromatic N) is 3. The van der Waals surface area contributed by atoms with E-state index in [1.807, 2.05) is 72.8 Å². The first-order chi connectivity index (χ1) is 14.3. The Morgan fingerprint density at radius 3 is 1.66 bits per heavy atom. The van der Waals surface area contributed by atoms with Crippen molar-refractivity contribution in [3.05, 3.63) is 102 Å². The first-order valence-corrected chi connectivity index (χ1v) is 10.1. The Kier molecular flexibility index (Phi) is 4.62. The summed E-state index contributed by atoms with van der Waals surface area (Å²) in [4.78, 5) is 14.5. The number of benzene rings is 4. The highest BCUT2D eigenvalue weighted by molar-refractivity contribution is 9.10. The maximum absolute atomic E-state index is 4.85. The molecule has 0 bridgehead atoms. The summed E-state index contributed by atoms with van der Waals surface area (Å²) in [5.74, 6) is 1.99. The molecule has 4 aromatic carbocycles. The van der Waals surface area contributed by atoms with Crippen LogP contribution in [0.15, 0.2) is 102 Å². The molecule has 0 spiro atoms. The molecule has 0 saturated carbocycles. The van der Waals surface area contributed by atoms with Gasteiger partial charge >= 0.3 is 0 Å². The first kappa shape index (κ1) is 17.7. The molecular weight excluding hydrogens is 422 g/mol. The van der Waals surface area contributed by atoms with Gasteiger partial charge in [-0.3, -0.25) is 0 Å². The van der Waals surface area contributed by atoms with Gasteiger partial charge in [0.05, 0.1) is 0 Å². The molecule has 0 amide bonds. The molecule has 4 heteroatoms. The van der Waals surface area contributed by atoms with Crippen molar-refractivity contribution in [2.75, 3.05) is 0 Å². The quantitative estimate of drug-likeness (QED) is 0.311. The van der Waals surface area contributed by atoms with Crippen LogP contribution >= 0.6 is 15.9 Å². The van der Waals surface area contributed by atoms with Crippen molar-refractivity contribution in [3.8, 4) is 34.2 Å². The highest BCUT2D eigenvalue weighted by Gasteiger charge is 2.14. The summed E-state index contributed by atoms with van der Waals surface area (Å²) in [6.07, 6.45) is 0. The zero-order valence-electron chi connectivity index (χ0n) is 15.5. The lowest BCUT2D eigenvalue weighted by Gasteiger charge is -2.11. The lowest BCUT2D eigenvalue weighted by Crippen LogP contribution is -2.00. The van der Waals surface area contributed by atoms with Crippen molar-refractivity contribution in [2.45, 2.75) is 0 Å². The molecule has 0 unspecified atom stereocenters. The van der Waals surface area contributed by atoms with Crippen LogP contribution in [0, 0.1) is 0 Å². The fourth-order valence-electron chi connectivity index (χ4n) is 3.39. The van der Waals surface area contributed by atoms with E-state index in [9.17, 15) is 0 Å². The highest BCUT2D eigenvalue weighted by Crippen LogP contribution is 2.32. The fourth-order valence-corrected chi connectivity index (χ4v) is 3.86. The normalized spacial score (nSPS) is 10.9. The minimum Gasteiger partial charge on any atom is -0.208 e. The Morgan fingerprint density at radius 1 is 0.517 bits per heavy atom. The van der Waals surface area contributed by atoms with Gasteiger partial charge in [0.25, 0.3) is 0 Å². The first-order valence-electron chi connectivity index (χ1n) is 9.33. The van der Waals surface area contributed by atoms with E-state index < -0.39 is 0 Å². The third-order valence-corrected chi connectivity index (χ3v) is 5.22. The molecule has 0 radical (unpaired) electrons. The van der Waals surface area contributed by atoms with E-state index in [1.54, 1.807) is 0 Å². The molecule has 0 aliphatic rings. The zero-order valence-corrected chi connectivity index (χ0v) is 17.0. The predicted octanol–water partition coefficient (Wildman–Crippen LogP) is 6.79. The zero-order chi connectivity index (χ0) is 19.6. The molecule has 29 heavy (non-hydrogen) atoms. The second-order valence-electron chi connectivity index (χ2n) is 6.71. The van der Waals surface area contributed by atoms with Crippen LogP contribution in [0.1, 0.15) is 0 Å². The summed E-state index contributed by atoms with van der Waals surface area (Å²) in [6.45, 7) is 0. The van der Waals surface area contributed by atoms with Gasteiger partial charge in [0.1, 0.15) is 0 Å². The molecule has 138 valence electrons. The maximum Gasteiger partial charge on any atom is 0.164 e. The summed E-state index contributed by atoms with van der Waals surface area (Å²) in [7, 11) is 0. The number of fused-ring (bicyclic) bond motifs is 1. The Bertz CT molecular complexity index is 1240. The molecule has 0 saturated heterocycles. The molecule has 1 heterocycles. The molecule has 0 fully saturated rings. The average molecular weight is 438 g/mol. The SMILES string of the molecule is Brc1cc(-c2nc(-c3ccccc3)nc(-c3ccccc3)n2)c2ccccc2c1. The van der Waals surface area contributed by atoms with Gasteiger partial charge in [-0.15, -0.1) is 0 Å². The van der Waals surface area contributed by atoms with E-state index in [0.29, 0.717) is 17.5 Å². The van der Waals surface area contributed by atoms with E-state index in [2.05, 4.69) is 40.2 Å². The van der Waals surface area contributed by atoms with Crippen molar-refractivity contribution >= 4 is 26.7 Å². The molecular formula is C25H16BrN3. The number of rotatable bonds is 3. The van der Waals surface area contributed by atoms with Crippen LogP contribution in [0.3, 0.4) is 0 Å². The van der Waals surface area contributed by atoms with Crippen LogP contribution in [-0.2, 0) is 0 Å². The van der Waals surface area contributed by atoms with E-state index >= 15 is 0 Å². The molecule has 0 atom stereocenters. The smallest absolute Gasteiger partial charge is 0.164 e. The van der Waals surface area contributed by atoms with Gasteiger partial charge in [0.2, 0.25) is 0 Å². The van der Waals surface area contributed by atoms with Gasteiger partial charge in [0.15, 0.2) is 17.5 Å². The maximum atomic E-state index is 4.85. The van der Waals surface area contributed by atoms with Crippen LogP contribution in [0.5, 0.6) is 0 Å². The summed E-state index contributed by atoms with van der Waals surface area (Å²) in [5, 5.41) is 2.25. The lowest BCUT2D eigenvalue weighted by molar-refractivity contribution is 1.08. The van der Waals surface area contributed by atoms with Gasteiger partial charge in [-0.2, -0.15) is 0 Å². The minimum atomic E-state index is 0.662. The Morgan fingerprint density at radius 2 is 1.03 bits per heavy atom. The Hall–Kier alpha value is -3.37. The molecule has 0 aliphatic heterocycles. The van der Waals surface area contributed by atoms with Gasteiger partial charge < -0.3 is 0 Å². The summed E-state index contributed by atoms with van der Waals surface area (Å²) < 4.78 is 0.995. The van der Waals surface area contributed by atoms with Crippen molar-refractivity contribution in [3.63, 3.8) is 0 Å². The van der Waals surface area contributed by atoms with E-state index in [0.717, 1.165) is 31.9 Å². The van der Waals surface area contributed by atoms with Crippen LogP contribution in [0.2, 0.25) is 0 Å². The second kappa shape index (κ2) is 7.57. The van der Waals surface area contributed by atoms with Crippen LogP contribution in [0.25, 0.3) is 44.9 Å². The van der Waals surface area contributed by atoms with Crippen LogP contribution in [0.4, 0.5) is 0 Å². The molecule has 5 aromatic rings. The molecule has 0 aliphatic carbocycles. The lowest BCUT2D eigenvalue weighted by atomic mass is 10.0. The number of halogens is 1. The van der Waals surface area contributed by atoms with Crippen LogP contribution < -0.4 is 0 Å². The molecule has 0 N–H and O–H groups in total. The number of hydrogen-bond donors (Lipinski definition) is 0. The molecule has 5 rings (SSSR count). The number of aromatic nitrogens is 3. The topological polar surface area (TPSA) is 38.7 Å². The van der Waals surface area contributed by atoms with E-state index in [1.165, 1.54) is 0 Å². The predicted molar refractivity (Wildman–Crippen MR) is 121 cm³/mol. The summed E-state index contributed by atoms with van der Waals surface area (Å²) >= 11 is 3.64. The fraction of sp³-hybridized carbons (Fsp3) is 0. The summed E-state index contributed by atoms with van der Waals surface area (Å²) in [6, 6.07) is 32.5. The molecule has 3 nitrogen and oxygen atoms in total. The van der Waals surface area contributed by atoms with E-state index in [-0.39, 0.29) is 0 Å². The largest absolute Gasteiger partial charge is 0.208 e. The van der Waals surface area contributed by atoms with Gasteiger partial charge in [-0.25, -0.2) is 15.0 Å². The third kappa shape index (κ3) is 3.55.